The largest absolute Gasteiger partial charge is 0.381 e. The summed E-state index contributed by atoms with van der Waals surface area (Å²) in [5, 5.41) is 0. The van der Waals surface area contributed by atoms with Crippen molar-refractivity contribution in [2.45, 2.75) is 13.3 Å². The Kier molecular flexibility index (Phi) is 4.58. The Hall–Kier alpha value is -0.650. The molecule has 2 aliphatic rings. The number of pyridine rings is 1. The van der Waals surface area contributed by atoms with E-state index in [4.69, 9.17) is 4.74 Å². The lowest BCUT2D eigenvalue weighted by atomic mass is 10.1. The van der Waals surface area contributed by atoms with Crippen molar-refractivity contribution in [3.05, 3.63) is 22.3 Å². The second-order valence-corrected chi connectivity index (χ2v) is 6.69. The van der Waals surface area contributed by atoms with Crippen LogP contribution in [0.25, 0.3) is 0 Å². The fourth-order valence-corrected chi connectivity index (χ4v) is 3.71. The molecule has 0 amide bonds. The van der Waals surface area contributed by atoms with Crippen molar-refractivity contribution in [3.8, 4) is 0 Å². The maximum Gasteiger partial charge on any atom is 0.142 e. The molecule has 0 aromatic carbocycles. The van der Waals surface area contributed by atoms with E-state index in [9.17, 15) is 0 Å². The molecule has 0 spiro atoms. The lowest BCUT2D eigenvalue weighted by Gasteiger charge is -2.36. The zero-order chi connectivity index (χ0) is 13.9. The summed E-state index contributed by atoms with van der Waals surface area (Å²) in [7, 11) is 0. The minimum atomic E-state index is 0.741. The van der Waals surface area contributed by atoms with E-state index in [-0.39, 0.29) is 0 Å². The highest BCUT2D eigenvalue weighted by Crippen LogP contribution is 2.25. The van der Waals surface area contributed by atoms with E-state index in [0.29, 0.717) is 0 Å². The SMILES string of the molecule is Cc1cnc(N2CCN(CC3CCOC3)CC2)c(Br)c1. The van der Waals surface area contributed by atoms with Crippen LogP contribution in [0.15, 0.2) is 16.7 Å². The van der Waals surface area contributed by atoms with Crippen LogP contribution in [0.3, 0.4) is 0 Å². The maximum atomic E-state index is 5.46. The fraction of sp³-hybridized carbons (Fsp3) is 0.667. The first kappa shape index (κ1) is 14.3. The molecule has 1 unspecified atom stereocenters. The molecule has 0 saturated carbocycles. The van der Waals surface area contributed by atoms with E-state index in [1.165, 1.54) is 18.5 Å². The summed E-state index contributed by atoms with van der Waals surface area (Å²) in [5.41, 5.74) is 1.19. The van der Waals surface area contributed by atoms with Crippen molar-refractivity contribution < 1.29 is 4.74 Å². The van der Waals surface area contributed by atoms with E-state index >= 15 is 0 Å². The topological polar surface area (TPSA) is 28.6 Å². The molecule has 0 bridgehead atoms. The van der Waals surface area contributed by atoms with Crippen molar-refractivity contribution in [1.29, 1.82) is 0 Å². The van der Waals surface area contributed by atoms with Gasteiger partial charge >= 0.3 is 0 Å². The highest BCUT2D eigenvalue weighted by molar-refractivity contribution is 9.10. The highest BCUT2D eigenvalue weighted by atomic mass is 79.9. The van der Waals surface area contributed by atoms with E-state index < -0.39 is 0 Å². The quantitative estimate of drug-likeness (QED) is 0.844. The van der Waals surface area contributed by atoms with Gasteiger partial charge in [-0.1, -0.05) is 0 Å². The van der Waals surface area contributed by atoms with Gasteiger partial charge in [0.2, 0.25) is 0 Å². The fourth-order valence-electron chi connectivity index (χ4n) is 2.99. The predicted octanol–water partition coefficient (Wildman–Crippen LogP) is 2.31. The third-order valence-electron chi connectivity index (χ3n) is 4.17. The molecule has 5 heteroatoms. The van der Waals surface area contributed by atoms with Crippen LogP contribution in [0.4, 0.5) is 5.82 Å². The van der Waals surface area contributed by atoms with Gasteiger partial charge in [-0.2, -0.15) is 0 Å². The summed E-state index contributed by atoms with van der Waals surface area (Å²) < 4.78 is 6.57. The van der Waals surface area contributed by atoms with Gasteiger partial charge in [0.15, 0.2) is 0 Å². The molecular formula is C15H22BrN3O. The van der Waals surface area contributed by atoms with Crippen molar-refractivity contribution in [1.82, 2.24) is 9.88 Å². The normalized spacial score (nSPS) is 24.3. The summed E-state index contributed by atoms with van der Waals surface area (Å²) in [6, 6.07) is 2.14. The summed E-state index contributed by atoms with van der Waals surface area (Å²) in [5.74, 6) is 1.82. The third kappa shape index (κ3) is 3.32. The number of halogens is 1. The Morgan fingerprint density at radius 1 is 1.35 bits per heavy atom. The van der Waals surface area contributed by atoms with Gasteiger partial charge in [-0.05, 0) is 46.8 Å². The first-order valence-corrected chi connectivity index (χ1v) is 8.19. The summed E-state index contributed by atoms with van der Waals surface area (Å²) in [6.07, 6.45) is 3.17. The zero-order valence-electron chi connectivity index (χ0n) is 12.0. The van der Waals surface area contributed by atoms with Crippen LogP contribution in [0, 0.1) is 12.8 Å². The highest BCUT2D eigenvalue weighted by Gasteiger charge is 2.23. The van der Waals surface area contributed by atoms with E-state index in [2.05, 4.69) is 43.7 Å². The average Bonchev–Trinajstić information content (AvgIpc) is 2.93. The van der Waals surface area contributed by atoms with Gasteiger partial charge in [-0.3, -0.25) is 4.90 Å². The van der Waals surface area contributed by atoms with Crippen molar-refractivity contribution in [3.63, 3.8) is 0 Å². The average molecular weight is 340 g/mol. The summed E-state index contributed by atoms with van der Waals surface area (Å²) in [4.78, 5) is 9.52. The Morgan fingerprint density at radius 3 is 2.80 bits per heavy atom. The Bertz CT molecular complexity index is 454. The Labute approximate surface area is 129 Å². The Balaban J connectivity index is 1.55. The number of ether oxygens (including phenoxy) is 1. The molecule has 1 atom stereocenters. The number of aryl methyl sites for hydroxylation is 1. The van der Waals surface area contributed by atoms with Gasteiger partial charge in [0.25, 0.3) is 0 Å². The van der Waals surface area contributed by atoms with Gasteiger partial charge in [-0.25, -0.2) is 4.98 Å². The first-order chi connectivity index (χ1) is 9.72. The standard InChI is InChI=1S/C15H22BrN3O/c1-12-8-14(16)15(17-9-12)19-5-3-18(4-6-19)10-13-2-7-20-11-13/h8-9,13H,2-7,10-11H2,1H3. The van der Waals surface area contributed by atoms with Crippen LogP contribution in [-0.4, -0.2) is 55.8 Å². The van der Waals surface area contributed by atoms with Gasteiger partial charge in [0.1, 0.15) is 5.82 Å². The summed E-state index contributed by atoms with van der Waals surface area (Å²) >= 11 is 3.63. The monoisotopic (exact) mass is 339 g/mol. The number of piperazine rings is 1. The molecule has 0 N–H and O–H groups in total. The third-order valence-corrected chi connectivity index (χ3v) is 4.75. The second-order valence-electron chi connectivity index (χ2n) is 5.84. The molecule has 4 nitrogen and oxygen atoms in total. The van der Waals surface area contributed by atoms with Crippen molar-refractivity contribution >= 4 is 21.7 Å². The first-order valence-electron chi connectivity index (χ1n) is 7.39. The number of nitrogens with zero attached hydrogens (tertiary/aromatic N) is 3. The van der Waals surface area contributed by atoms with Gasteiger partial charge in [0.05, 0.1) is 11.1 Å². The van der Waals surface area contributed by atoms with Crippen LogP contribution in [0.5, 0.6) is 0 Å². The van der Waals surface area contributed by atoms with Gasteiger partial charge in [0, 0.05) is 45.5 Å². The van der Waals surface area contributed by atoms with Crippen LogP contribution < -0.4 is 4.90 Å². The molecule has 3 heterocycles. The van der Waals surface area contributed by atoms with E-state index in [0.717, 1.165) is 55.6 Å². The lowest BCUT2D eigenvalue weighted by Crippen LogP contribution is -2.48. The van der Waals surface area contributed by atoms with Crippen LogP contribution in [0.1, 0.15) is 12.0 Å². The zero-order valence-corrected chi connectivity index (χ0v) is 13.6. The molecule has 20 heavy (non-hydrogen) atoms. The summed E-state index contributed by atoms with van der Waals surface area (Å²) in [6.45, 7) is 9.52. The minimum absolute atomic E-state index is 0.741. The maximum absolute atomic E-state index is 5.46. The number of hydrogen-bond donors (Lipinski definition) is 0. The van der Waals surface area contributed by atoms with Crippen LogP contribution in [-0.2, 0) is 4.74 Å². The number of aromatic nitrogens is 1. The van der Waals surface area contributed by atoms with Crippen molar-refractivity contribution in [2.24, 2.45) is 5.92 Å². The number of rotatable bonds is 3. The molecule has 1 aromatic rings. The second kappa shape index (κ2) is 6.41. The molecule has 1 aromatic heterocycles. The molecule has 0 radical (unpaired) electrons. The lowest BCUT2D eigenvalue weighted by molar-refractivity contribution is 0.164. The van der Waals surface area contributed by atoms with Gasteiger partial charge in [-0.15, -0.1) is 0 Å². The number of hydrogen-bond acceptors (Lipinski definition) is 4. The Morgan fingerprint density at radius 2 is 2.15 bits per heavy atom. The minimum Gasteiger partial charge on any atom is -0.381 e. The molecular weight excluding hydrogens is 318 g/mol. The molecule has 3 rings (SSSR count). The smallest absolute Gasteiger partial charge is 0.142 e. The van der Waals surface area contributed by atoms with Crippen LogP contribution in [0.2, 0.25) is 0 Å². The van der Waals surface area contributed by atoms with E-state index in [1.54, 1.807) is 0 Å². The van der Waals surface area contributed by atoms with Crippen LogP contribution >= 0.6 is 15.9 Å². The molecule has 110 valence electrons. The van der Waals surface area contributed by atoms with E-state index in [1.807, 2.05) is 6.20 Å². The molecule has 2 saturated heterocycles. The molecule has 2 aliphatic heterocycles. The predicted molar refractivity (Wildman–Crippen MR) is 84.3 cm³/mol. The molecule has 2 fully saturated rings. The van der Waals surface area contributed by atoms with Crippen molar-refractivity contribution in [2.75, 3.05) is 50.8 Å². The molecule has 0 aliphatic carbocycles. The number of anilines is 1. The van der Waals surface area contributed by atoms with Gasteiger partial charge < -0.3 is 9.64 Å².